The quantitative estimate of drug-likeness (QED) is 0.273. The molecule has 0 saturated carbocycles. The third kappa shape index (κ3) is 6.06. The van der Waals surface area contributed by atoms with Gasteiger partial charge in [-0.05, 0) is 52.7 Å². The number of ether oxygens (including phenoxy) is 3. The molecule has 1 fully saturated rings. The highest BCUT2D eigenvalue weighted by molar-refractivity contribution is 7.22. The number of aryl methyl sites for hydroxylation is 1. The summed E-state index contributed by atoms with van der Waals surface area (Å²) in [6, 6.07) is 9.07. The molecular formula is C31H36N4O8S. The third-order valence-electron chi connectivity index (χ3n) is 7.33. The van der Waals surface area contributed by atoms with E-state index < -0.39 is 40.6 Å². The predicted octanol–water partition coefficient (Wildman–Crippen LogP) is 4.48. The molecule has 4 heterocycles. The monoisotopic (exact) mass is 624 g/mol. The van der Waals surface area contributed by atoms with Crippen molar-refractivity contribution in [2.24, 2.45) is 0 Å². The molecule has 1 atom stereocenters. The predicted molar refractivity (Wildman–Crippen MR) is 164 cm³/mol. The standard InChI is InChI=1S/C31H36N4O8S/c1-19-22-25(36)35(31(5,6)27(37)43-30(2,3)4)28(38)34(26(22)44-23(19)24-32-12-15-41-24)18-21(20-10-8-7-9-11-20)42-29(39)33-13-16-40-17-14-33/h7-12,15,21H,13-14,16-18H2,1-6H3. The van der Waals surface area contributed by atoms with E-state index in [0.29, 0.717) is 53.0 Å². The molecule has 0 spiro atoms. The van der Waals surface area contributed by atoms with Crippen molar-refractivity contribution in [1.29, 1.82) is 0 Å². The number of rotatable bonds is 7. The van der Waals surface area contributed by atoms with Gasteiger partial charge >= 0.3 is 17.8 Å². The Balaban J connectivity index is 1.71. The lowest BCUT2D eigenvalue weighted by molar-refractivity contribution is -0.164. The van der Waals surface area contributed by atoms with Crippen LogP contribution in [0.5, 0.6) is 0 Å². The number of esters is 1. The molecule has 1 aromatic carbocycles. The first-order valence-corrected chi connectivity index (χ1v) is 15.1. The van der Waals surface area contributed by atoms with Gasteiger partial charge in [0.25, 0.3) is 5.56 Å². The maximum Gasteiger partial charge on any atom is 0.410 e. The maximum absolute atomic E-state index is 14.4. The van der Waals surface area contributed by atoms with Crippen molar-refractivity contribution in [3.63, 3.8) is 0 Å². The Kier molecular flexibility index (Phi) is 8.54. The van der Waals surface area contributed by atoms with Crippen LogP contribution in [0, 0.1) is 6.92 Å². The van der Waals surface area contributed by atoms with Crippen molar-refractivity contribution in [2.45, 2.75) is 65.3 Å². The van der Waals surface area contributed by atoms with Gasteiger partial charge in [-0.2, -0.15) is 0 Å². The molecule has 1 aliphatic heterocycles. The number of hydrogen-bond donors (Lipinski definition) is 0. The van der Waals surface area contributed by atoms with Crippen LogP contribution in [0.25, 0.3) is 21.0 Å². The Bertz CT molecular complexity index is 1780. The van der Waals surface area contributed by atoms with E-state index >= 15 is 0 Å². The zero-order chi connectivity index (χ0) is 31.8. The van der Waals surface area contributed by atoms with Crippen LogP contribution < -0.4 is 11.2 Å². The molecule has 13 heteroatoms. The average Bonchev–Trinajstić information content (AvgIpc) is 3.62. The van der Waals surface area contributed by atoms with Gasteiger partial charge in [0, 0.05) is 13.1 Å². The van der Waals surface area contributed by atoms with Crippen LogP contribution in [0.2, 0.25) is 0 Å². The maximum atomic E-state index is 14.4. The molecule has 1 saturated heterocycles. The number of carbonyl (C=O) groups excluding carboxylic acids is 2. The lowest BCUT2D eigenvalue weighted by Gasteiger charge is -2.31. The van der Waals surface area contributed by atoms with E-state index in [9.17, 15) is 19.2 Å². The highest BCUT2D eigenvalue weighted by Gasteiger charge is 2.39. The van der Waals surface area contributed by atoms with Crippen molar-refractivity contribution in [3.05, 3.63) is 74.8 Å². The summed E-state index contributed by atoms with van der Waals surface area (Å²) in [5.74, 6) is -0.451. The van der Waals surface area contributed by atoms with Crippen LogP contribution in [0.3, 0.4) is 0 Å². The molecule has 1 aliphatic rings. The van der Waals surface area contributed by atoms with Gasteiger partial charge in [0.05, 0.1) is 36.2 Å². The number of hydrogen-bond acceptors (Lipinski definition) is 10. The first kappa shape index (κ1) is 31.2. The SMILES string of the molecule is Cc1c(-c2ncco2)sc2c1c(=O)n(C(C)(C)C(=O)OC(C)(C)C)c(=O)n2CC(OC(=O)N1CCOCC1)c1ccccc1. The minimum absolute atomic E-state index is 0.134. The van der Waals surface area contributed by atoms with Crippen LogP contribution >= 0.6 is 11.3 Å². The minimum atomic E-state index is -1.68. The summed E-state index contributed by atoms with van der Waals surface area (Å²) in [6.07, 6.45) is 1.46. The number of aromatic nitrogens is 3. The molecule has 0 radical (unpaired) electrons. The Morgan fingerprint density at radius 3 is 2.36 bits per heavy atom. The second-order valence-corrected chi connectivity index (χ2v) is 13.0. The number of thiophene rings is 1. The second kappa shape index (κ2) is 12.0. The lowest BCUT2D eigenvalue weighted by Crippen LogP contribution is -2.54. The summed E-state index contributed by atoms with van der Waals surface area (Å²) in [7, 11) is 0. The molecule has 4 aromatic rings. The average molecular weight is 625 g/mol. The largest absolute Gasteiger partial charge is 0.458 e. The molecule has 1 unspecified atom stereocenters. The number of oxazole rings is 1. The van der Waals surface area contributed by atoms with Gasteiger partial charge in [0.2, 0.25) is 5.89 Å². The van der Waals surface area contributed by atoms with E-state index in [1.807, 2.05) is 18.2 Å². The molecule has 0 bridgehead atoms. The summed E-state index contributed by atoms with van der Waals surface area (Å²) in [6.45, 7) is 11.2. The normalized spacial score (nSPS) is 14.9. The topological polar surface area (TPSA) is 135 Å². The Morgan fingerprint density at radius 1 is 1.07 bits per heavy atom. The number of amides is 1. The molecular weight excluding hydrogens is 588 g/mol. The van der Waals surface area contributed by atoms with E-state index in [2.05, 4.69) is 4.98 Å². The van der Waals surface area contributed by atoms with Crippen LogP contribution in [0.1, 0.15) is 51.8 Å². The second-order valence-electron chi connectivity index (χ2n) is 12.1. The zero-order valence-corrected chi connectivity index (χ0v) is 26.4. The first-order valence-electron chi connectivity index (χ1n) is 14.3. The van der Waals surface area contributed by atoms with E-state index in [0.717, 1.165) is 4.57 Å². The van der Waals surface area contributed by atoms with Gasteiger partial charge in [-0.25, -0.2) is 23.9 Å². The fourth-order valence-electron chi connectivity index (χ4n) is 5.02. The number of fused-ring (bicyclic) bond motifs is 1. The van der Waals surface area contributed by atoms with E-state index in [-0.39, 0.29) is 11.9 Å². The van der Waals surface area contributed by atoms with E-state index in [1.165, 1.54) is 42.2 Å². The summed E-state index contributed by atoms with van der Waals surface area (Å²) in [5, 5.41) is 0.228. The van der Waals surface area contributed by atoms with Crippen molar-refractivity contribution < 1.29 is 28.2 Å². The Labute approximate surface area is 257 Å². The smallest absolute Gasteiger partial charge is 0.410 e. The van der Waals surface area contributed by atoms with Gasteiger partial charge in [-0.1, -0.05) is 30.3 Å². The highest BCUT2D eigenvalue weighted by atomic mass is 32.1. The molecule has 5 rings (SSSR count). The summed E-state index contributed by atoms with van der Waals surface area (Å²) in [5.41, 5.74) is -2.74. The van der Waals surface area contributed by atoms with Gasteiger partial charge < -0.3 is 23.5 Å². The minimum Gasteiger partial charge on any atom is -0.458 e. The summed E-state index contributed by atoms with van der Waals surface area (Å²) >= 11 is 1.17. The molecule has 234 valence electrons. The van der Waals surface area contributed by atoms with Gasteiger partial charge in [-0.15, -0.1) is 11.3 Å². The van der Waals surface area contributed by atoms with Gasteiger partial charge in [-0.3, -0.25) is 9.36 Å². The van der Waals surface area contributed by atoms with Crippen molar-refractivity contribution >= 4 is 33.6 Å². The Hall–Kier alpha value is -4.23. The van der Waals surface area contributed by atoms with Crippen LogP contribution in [-0.4, -0.2) is 63.0 Å². The lowest BCUT2D eigenvalue weighted by atomic mass is 10.0. The number of morpholine rings is 1. The molecule has 3 aromatic heterocycles. The highest BCUT2D eigenvalue weighted by Crippen LogP contribution is 2.36. The van der Waals surface area contributed by atoms with Crippen molar-refractivity contribution in [3.8, 4) is 10.8 Å². The first-order chi connectivity index (χ1) is 20.8. The number of benzene rings is 1. The third-order valence-corrected chi connectivity index (χ3v) is 8.63. The van der Waals surface area contributed by atoms with Crippen molar-refractivity contribution in [1.82, 2.24) is 19.0 Å². The molecule has 0 aliphatic carbocycles. The summed E-state index contributed by atoms with van der Waals surface area (Å²) in [4.78, 5) is 62.0. The van der Waals surface area contributed by atoms with E-state index in [4.69, 9.17) is 18.6 Å². The molecule has 44 heavy (non-hydrogen) atoms. The van der Waals surface area contributed by atoms with Crippen LogP contribution in [-0.2, 0) is 31.1 Å². The fraction of sp³-hybridized carbons (Fsp3) is 0.452. The van der Waals surface area contributed by atoms with Crippen molar-refractivity contribution in [2.75, 3.05) is 26.3 Å². The molecule has 0 N–H and O–H groups in total. The van der Waals surface area contributed by atoms with Crippen LogP contribution in [0.4, 0.5) is 4.79 Å². The number of carbonyl (C=O) groups is 2. The fourth-order valence-corrected chi connectivity index (χ4v) is 6.26. The number of nitrogens with zero attached hydrogens (tertiary/aromatic N) is 4. The van der Waals surface area contributed by atoms with Gasteiger partial charge in [0.1, 0.15) is 28.3 Å². The van der Waals surface area contributed by atoms with Crippen LogP contribution in [0.15, 0.2) is 56.8 Å². The molecule has 12 nitrogen and oxygen atoms in total. The molecule has 1 amide bonds. The van der Waals surface area contributed by atoms with E-state index in [1.54, 1.807) is 44.7 Å². The zero-order valence-electron chi connectivity index (χ0n) is 25.6. The Morgan fingerprint density at radius 2 is 1.75 bits per heavy atom. The van der Waals surface area contributed by atoms with Gasteiger partial charge in [0.15, 0.2) is 0 Å². The summed E-state index contributed by atoms with van der Waals surface area (Å²) < 4.78 is 24.9.